The van der Waals surface area contributed by atoms with Gasteiger partial charge in [-0.3, -0.25) is 4.90 Å². The zero-order valence-electron chi connectivity index (χ0n) is 13.7. The smallest absolute Gasteiger partial charge is 0.410 e. The average Bonchev–Trinajstić information content (AvgIpc) is 2.55. The lowest BCUT2D eigenvalue weighted by Crippen LogP contribution is -2.33. The number of anilines is 1. The van der Waals surface area contributed by atoms with E-state index in [0.29, 0.717) is 27.0 Å². The monoisotopic (exact) mass is 373 g/mol. The highest BCUT2D eigenvalue weighted by Crippen LogP contribution is 2.24. The van der Waals surface area contributed by atoms with Gasteiger partial charge < -0.3 is 10.1 Å². The van der Waals surface area contributed by atoms with Crippen molar-refractivity contribution in [1.82, 2.24) is 4.90 Å². The Morgan fingerprint density at radius 1 is 1.32 bits per heavy atom. The molecule has 1 N–H and O–H groups in total. The van der Waals surface area contributed by atoms with E-state index in [9.17, 15) is 10.1 Å². The normalized spacial score (nSPS) is 11.1. The Morgan fingerprint density at radius 2 is 2.04 bits per heavy atom. The number of carbonyl (C=O) groups is 1. The standard InChI is InChI=1S/C18H16ClN3O2S/c1-12(25)21-15-7-4-8-16(10-15)24-18(23)22(2)17(11-20)13-5-3-6-14(19)9-13/h3-10,17H,1-2H3,(H,21,25). The van der Waals surface area contributed by atoms with Crippen molar-refractivity contribution in [2.75, 3.05) is 12.4 Å². The second-order valence-corrected chi connectivity index (χ2v) is 6.32. The number of amides is 1. The predicted molar refractivity (Wildman–Crippen MR) is 102 cm³/mol. The fourth-order valence-corrected chi connectivity index (χ4v) is 2.50. The minimum absolute atomic E-state index is 0.348. The first-order chi connectivity index (χ1) is 11.9. The van der Waals surface area contributed by atoms with E-state index >= 15 is 0 Å². The Kier molecular flexibility index (Phi) is 6.34. The number of ether oxygens (including phenoxy) is 1. The van der Waals surface area contributed by atoms with E-state index in [1.807, 2.05) is 0 Å². The van der Waals surface area contributed by atoms with Gasteiger partial charge in [0.2, 0.25) is 0 Å². The molecule has 0 spiro atoms. The summed E-state index contributed by atoms with van der Waals surface area (Å²) >= 11 is 10.9. The summed E-state index contributed by atoms with van der Waals surface area (Å²) in [4.78, 5) is 14.2. The fraction of sp³-hybridized carbons (Fsp3) is 0.167. The summed E-state index contributed by atoms with van der Waals surface area (Å²) in [7, 11) is 1.50. The summed E-state index contributed by atoms with van der Waals surface area (Å²) in [5.74, 6) is 0.348. The maximum Gasteiger partial charge on any atom is 0.416 e. The molecule has 2 aromatic carbocycles. The Morgan fingerprint density at radius 3 is 2.68 bits per heavy atom. The molecule has 2 aromatic rings. The van der Waals surface area contributed by atoms with Crippen LogP contribution in [-0.4, -0.2) is 23.0 Å². The molecule has 1 unspecified atom stereocenters. The van der Waals surface area contributed by atoms with Gasteiger partial charge in [0, 0.05) is 23.8 Å². The number of benzene rings is 2. The second-order valence-electron chi connectivity index (χ2n) is 5.27. The Labute approximate surface area is 156 Å². The second kappa shape index (κ2) is 8.47. The molecule has 0 bridgehead atoms. The summed E-state index contributed by atoms with van der Waals surface area (Å²) in [6, 6.07) is 14.9. The van der Waals surface area contributed by atoms with E-state index in [-0.39, 0.29) is 0 Å². The number of nitriles is 1. The van der Waals surface area contributed by atoms with Crippen LogP contribution in [-0.2, 0) is 0 Å². The topological polar surface area (TPSA) is 65.4 Å². The first-order valence-corrected chi connectivity index (χ1v) is 8.16. The quantitative estimate of drug-likeness (QED) is 0.780. The van der Waals surface area contributed by atoms with Gasteiger partial charge in [0.25, 0.3) is 0 Å². The lowest BCUT2D eigenvalue weighted by molar-refractivity contribution is 0.155. The third-order valence-electron chi connectivity index (χ3n) is 3.32. The molecule has 0 saturated heterocycles. The Hall–Kier alpha value is -2.62. The predicted octanol–water partition coefficient (Wildman–Crippen LogP) is 4.79. The highest BCUT2D eigenvalue weighted by atomic mass is 35.5. The summed E-state index contributed by atoms with van der Waals surface area (Å²) in [6.45, 7) is 1.75. The number of hydrogen-bond acceptors (Lipinski definition) is 4. The van der Waals surface area contributed by atoms with Crippen molar-refractivity contribution in [3.63, 3.8) is 0 Å². The van der Waals surface area contributed by atoms with Crippen LogP contribution in [0, 0.1) is 11.3 Å². The Bertz CT molecular complexity index is 835. The SMILES string of the molecule is CC(=S)Nc1cccc(OC(=O)N(C)C(C#N)c2cccc(Cl)c2)c1. The van der Waals surface area contributed by atoms with Crippen LogP contribution in [0.15, 0.2) is 48.5 Å². The molecule has 0 aliphatic heterocycles. The average molecular weight is 374 g/mol. The van der Waals surface area contributed by atoms with E-state index in [4.69, 9.17) is 28.6 Å². The third-order valence-corrected chi connectivity index (χ3v) is 3.66. The summed E-state index contributed by atoms with van der Waals surface area (Å²) in [5, 5.41) is 12.9. The highest BCUT2D eigenvalue weighted by Gasteiger charge is 2.23. The van der Waals surface area contributed by atoms with Gasteiger partial charge in [-0.15, -0.1) is 0 Å². The van der Waals surface area contributed by atoms with Crippen LogP contribution in [0.2, 0.25) is 5.02 Å². The summed E-state index contributed by atoms with van der Waals surface area (Å²) in [6.07, 6.45) is -0.650. The molecule has 0 aliphatic rings. The van der Waals surface area contributed by atoms with E-state index in [1.165, 1.54) is 11.9 Å². The number of rotatable bonds is 4. The van der Waals surface area contributed by atoms with Gasteiger partial charge in [-0.1, -0.05) is 42.0 Å². The lowest BCUT2D eigenvalue weighted by atomic mass is 10.1. The number of nitrogens with one attached hydrogen (secondary N) is 1. The molecule has 0 radical (unpaired) electrons. The molecule has 0 aliphatic carbocycles. The van der Waals surface area contributed by atoms with Crippen molar-refractivity contribution >= 4 is 40.6 Å². The van der Waals surface area contributed by atoms with Crippen LogP contribution in [0.3, 0.4) is 0 Å². The molecule has 1 amide bonds. The fourth-order valence-electron chi connectivity index (χ4n) is 2.18. The van der Waals surface area contributed by atoms with Gasteiger partial charge in [0.1, 0.15) is 11.8 Å². The van der Waals surface area contributed by atoms with Crippen LogP contribution >= 0.6 is 23.8 Å². The van der Waals surface area contributed by atoms with Crippen LogP contribution < -0.4 is 10.1 Å². The van der Waals surface area contributed by atoms with Gasteiger partial charge in [-0.25, -0.2) is 4.79 Å². The molecule has 5 nitrogen and oxygen atoms in total. The van der Waals surface area contributed by atoms with E-state index in [0.717, 1.165) is 0 Å². The van der Waals surface area contributed by atoms with Crippen molar-refractivity contribution in [2.24, 2.45) is 0 Å². The zero-order chi connectivity index (χ0) is 18.4. The first-order valence-electron chi connectivity index (χ1n) is 7.38. The number of thiocarbonyl (C=S) groups is 1. The van der Waals surface area contributed by atoms with Crippen molar-refractivity contribution in [3.8, 4) is 11.8 Å². The van der Waals surface area contributed by atoms with Crippen molar-refractivity contribution < 1.29 is 9.53 Å². The van der Waals surface area contributed by atoms with Crippen molar-refractivity contribution in [3.05, 3.63) is 59.1 Å². The van der Waals surface area contributed by atoms with Crippen LogP contribution in [0.4, 0.5) is 10.5 Å². The maximum atomic E-state index is 12.4. The highest BCUT2D eigenvalue weighted by molar-refractivity contribution is 7.80. The van der Waals surface area contributed by atoms with Crippen LogP contribution in [0.1, 0.15) is 18.5 Å². The molecule has 7 heteroatoms. The first kappa shape index (κ1) is 18.7. The third kappa shape index (κ3) is 5.18. The van der Waals surface area contributed by atoms with Gasteiger partial charge >= 0.3 is 6.09 Å². The minimum Gasteiger partial charge on any atom is -0.410 e. The van der Waals surface area contributed by atoms with Crippen LogP contribution in [0.25, 0.3) is 0 Å². The molecular formula is C18H16ClN3O2S. The minimum atomic E-state index is -0.810. The number of carbonyl (C=O) groups excluding carboxylic acids is 1. The molecule has 2 rings (SSSR count). The maximum absolute atomic E-state index is 12.4. The Balaban J connectivity index is 2.14. The number of nitrogens with zero attached hydrogens (tertiary/aromatic N) is 2. The molecule has 25 heavy (non-hydrogen) atoms. The summed E-state index contributed by atoms with van der Waals surface area (Å²) in [5.41, 5.74) is 1.33. The molecule has 0 aromatic heterocycles. The number of hydrogen-bond donors (Lipinski definition) is 1. The number of halogens is 1. The largest absolute Gasteiger partial charge is 0.416 e. The van der Waals surface area contributed by atoms with E-state index < -0.39 is 12.1 Å². The molecule has 1 atom stereocenters. The van der Waals surface area contributed by atoms with Gasteiger partial charge in [0.15, 0.2) is 0 Å². The van der Waals surface area contributed by atoms with Gasteiger partial charge in [-0.05, 0) is 36.8 Å². The molecule has 0 fully saturated rings. The molecule has 0 saturated carbocycles. The lowest BCUT2D eigenvalue weighted by Gasteiger charge is -2.22. The van der Waals surface area contributed by atoms with Crippen LogP contribution in [0.5, 0.6) is 5.75 Å². The van der Waals surface area contributed by atoms with E-state index in [2.05, 4.69) is 11.4 Å². The molecular weight excluding hydrogens is 358 g/mol. The van der Waals surface area contributed by atoms with Gasteiger partial charge in [-0.2, -0.15) is 5.26 Å². The summed E-state index contributed by atoms with van der Waals surface area (Å²) < 4.78 is 5.35. The van der Waals surface area contributed by atoms with Gasteiger partial charge in [0.05, 0.1) is 11.1 Å². The van der Waals surface area contributed by atoms with Crippen molar-refractivity contribution in [1.29, 1.82) is 5.26 Å². The molecule has 128 valence electrons. The zero-order valence-corrected chi connectivity index (χ0v) is 15.3. The van der Waals surface area contributed by atoms with Crippen molar-refractivity contribution in [2.45, 2.75) is 13.0 Å². The molecule has 0 heterocycles. The van der Waals surface area contributed by atoms with E-state index in [1.54, 1.807) is 55.5 Å².